The number of ether oxygens (including phenoxy) is 1. The maximum absolute atomic E-state index is 12.7. The minimum Gasteiger partial charge on any atom is -0.479 e. The maximum atomic E-state index is 12.7. The third-order valence-corrected chi connectivity index (χ3v) is 8.49. The van der Waals surface area contributed by atoms with Crippen LogP contribution in [0, 0.1) is 20.8 Å². The number of thiophene rings is 1. The number of aliphatic carboxylic acids is 1. The van der Waals surface area contributed by atoms with Crippen LogP contribution in [0.3, 0.4) is 0 Å². The number of hydrogen-bond donors (Lipinski definition) is 2. The number of aryl methyl sites for hydroxylation is 3. The van der Waals surface area contributed by atoms with Gasteiger partial charge in [-0.05, 0) is 51.8 Å². The van der Waals surface area contributed by atoms with E-state index < -0.39 is 17.6 Å². The van der Waals surface area contributed by atoms with Gasteiger partial charge in [0.05, 0.1) is 11.9 Å². The Hall–Kier alpha value is -3.83. The molecule has 1 unspecified atom stereocenters. The number of hydrogen-bond acceptors (Lipinski definition) is 8. The number of nitrogens with zero attached hydrogens (tertiary/aromatic N) is 6. The van der Waals surface area contributed by atoms with Gasteiger partial charge in [0.15, 0.2) is 17.5 Å². The number of carboxylic acids is 1. The molecule has 10 nitrogen and oxygen atoms in total. The van der Waals surface area contributed by atoms with E-state index in [2.05, 4.69) is 34.5 Å². The monoisotopic (exact) mass is 533 g/mol. The van der Waals surface area contributed by atoms with E-state index in [1.54, 1.807) is 24.5 Å². The summed E-state index contributed by atoms with van der Waals surface area (Å²) in [6, 6.07) is 9.00. The van der Waals surface area contributed by atoms with E-state index in [1.807, 2.05) is 53.4 Å². The number of aliphatic imine (C=N–C) groups is 1. The van der Waals surface area contributed by atoms with Crippen LogP contribution in [0.1, 0.15) is 59.5 Å². The molecule has 11 heteroatoms. The van der Waals surface area contributed by atoms with Gasteiger partial charge in [-0.1, -0.05) is 19.1 Å². The molecule has 1 aromatic carbocycles. The molecule has 4 aromatic rings. The highest BCUT2D eigenvalue weighted by molar-refractivity contribution is 7.15. The van der Waals surface area contributed by atoms with Crippen molar-refractivity contribution in [1.29, 1.82) is 0 Å². The van der Waals surface area contributed by atoms with Crippen LogP contribution in [0.5, 0.6) is 0 Å². The molecule has 0 amide bonds. The maximum Gasteiger partial charge on any atom is 0.338 e. The Kier molecular flexibility index (Phi) is 6.66. The highest BCUT2D eigenvalue weighted by Crippen LogP contribution is 2.43. The first-order valence-electron chi connectivity index (χ1n) is 12.5. The fourth-order valence-electron chi connectivity index (χ4n) is 4.99. The molecule has 2 atom stereocenters. The highest BCUT2D eigenvalue weighted by Gasteiger charge is 2.50. The van der Waals surface area contributed by atoms with E-state index in [1.165, 1.54) is 7.11 Å². The molecule has 198 valence electrons. The van der Waals surface area contributed by atoms with Crippen LogP contribution < -0.4 is 5.32 Å². The molecule has 1 aliphatic heterocycles. The second-order valence-electron chi connectivity index (χ2n) is 9.27. The molecule has 0 bridgehead atoms. The second-order valence-corrected chi connectivity index (χ2v) is 10.5. The van der Waals surface area contributed by atoms with Crippen molar-refractivity contribution in [3.8, 4) is 5.00 Å². The van der Waals surface area contributed by atoms with Gasteiger partial charge in [0.1, 0.15) is 16.6 Å². The van der Waals surface area contributed by atoms with Gasteiger partial charge in [-0.3, -0.25) is 9.56 Å². The Morgan fingerprint density at radius 3 is 2.53 bits per heavy atom. The topological polar surface area (TPSA) is 119 Å². The van der Waals surface area contributed by atoms with Gasteiger partial charge in [-0.2, -0.15) is 5.10 Å². The van der Waals surface area contributed by atoms with E-state index in [4.69, 9.17) is 9.73 Å². The number of carbonyl (C=O) groups is 1. The Labute approximate surface area is 225 Å². The minimum atomic E-state index is -1.61. The average molecular weight is 534 g/mol. The van der Waals surface area contributed by atoms with Crippen LogP contribution in [0.25, 0.3) is 5.00 Å². The lowest BCUT2D eigenvalue weighted by atomic mass is 9.90. The van der Waals surface area contributed by atoms with Crippen LogP contribution >= 0.6 is 11.3 Å². The first-order valence-corrected chi connectivity index (χ1v) is 13.4. The van der Waals surface area contributed by atoms with Crippen LogP contribution in [0.2, 0.25) is 0 Å². The summed E-state index contributed by atoms with van der Waals surface area (Å²) in [5.74, 6) is 0.939. The first kappa shape index (κ1) is 25.8. The van der Waals surface area contributed by atoms with Crippen LogP contribution in [-0.2, 0) is 16.1 Å². The number of benzene rings is 1. The van der Waals surface area contributed by atoms with E-state index >= 15 is 0 Å². The van der Waals surface area contributed by atoms with E-state index in [0.29, 0.717) is 17.4 Å². The molecule has 3 aromatic heterocycles. The molecule has 1 aliphatic rings. The normalized spacial score (nSPS) is 16.3. The zero-order valence-electron chi connectivity index (χ0n) is 22.3. The van der Waals surface area contributed by atoms with Crippen molar-refractivity contribution in [2.24, 2.45) is 4.99 Å². The Morgan fingerprint density at radius 1 is 1.16 bits per heavy atom. The summed E-state index contributed by atoms with van der Waals surface area (Å²) in [7, 11) is 1.41. The molecule has 0 saturated carbocycles. The Bertz CT molecular complexity index is 1530. The Morgan fingerprint density at radius 2 is 1.89 bits per heavy atom. The van der Waals surface area contributed by atoms with E-state index in [-0.39, 0.29) is 6.42 Å². The molecular formula is C27H31N7O3S. The Balaban J connectivity index is 1.69. The van der Waals surface area contributed by atoms with Gasteiger partial charge in [0.25, 0.3) is 0 Å². The van der Waals surface area contributed by atoms with Gasteiger partial charge >= 0.3 is 5.97 Å². The minimum absolute atomic E-state index is 0.200. The lowest BCUT2D eigenvalue weighted by Crippen LogP contribution is -2.46. The number of nitrogens with one attached hydrogen (secondary N) is 1. The number of carboxylic acid groups (broad SMARTS) is 1. The van der Waals surface area contributed by atoms with Crippen molar-refractivity contribution in [2.45, 2.75) is 59.2 Å². The summed E-state index contributed by atoms with van der Waals surface area (Å²) in [6.07, 6.45) is 1.97. The fourth-order valence-corrected chi connectivity index (χ4v) is 6.20. The predicted molar refractivity (Wildman–Crippen MR) is 147 cm³/mol. The third-order valence-electron chi connectivity index (χ3n) is 7.30. The van der Waals surface area contributed by atoms with Gasteiger partial charge in [0.2, 0.25) is 0 Å². The summed E-state index contributed by atoms with van der Waals surface area (Å²) in [6.45, 7) is 10.6. The van der Waals surface area contributed by atoms with Crippen molar-refractivity contribution >= 4 is 34.5 Å². The lowest BCUT2D eigenvalue weighted by molar-refractivity contribution is -0.166. The molecule has 0 spiro atoms. The van der Waals surface area contributed by atoms with Gasteiger partial charge in [-0.25, -0.2) is 9.48 Å². The molecule has 2 N–H and O–H groups in total. The smallest absolute Gasteiger partial charge is 0.338 e. The van der Waals surface area contributed by atoms with Gasteiger partial charge in [0, 0.05) is 41.4 Å². The van der Waals surface area contributed by atoms with E-state index in [9.17, 15) is 9.90 Å². The first-order chi connectivity index (χ1) is 18.2. The number of anilines is 2. The zero-order valence-corrected chi connectivity index (χ0v) is 23.1. The van der Waals surface area contributed by atoms with E-state index in [0.717, 1.165) is 44.6 Å². The summed E-state index contributed by atoms with van der Waals surface area (Å²) in [4.78, 5) is 19.0. The highest BCUT2D eigenvalue weighted by atomic mass is 32.1. The quantitative estimate of drug-likeness (QED) is 0.328. The molecule has 0 radical (unpaired) electrons. The molecule has 0 saturated heterocycles. The molecule has 4 heterocycles. The number of fused-ring (bicyclic) bond motifs is 3. The van der Waals surface area contributed by atoms with Crippen molar-refractivity contribution in [1.82, 2.24) is 24.5 Å². The van der Waals surface area contributed by atoms with Crippen LogP contribution in [0.15, 0.2) is 41.5 Å². The SMILES string of the molecule is CCn1nccc1Nc1ccc(C2=NC([C@](CC)(OC)C(=O)O)c3nnc(C)n3-c3sc(C)c(C)c32)cc1. The summed E-state index contributed by atoms with van der Waals surface area (Å²) in [5, 5.41) is 27.8. The van der Waals surface area contributed by atoms with Crippen molar-refractivity contribution in [2.75, 3.05) is 12.4 Å². The molecule has 5 rings (SSSR count). The number of aromatic nitrogens is 5. The summed E-state index contributed by atoms with van der Waals surface area (Å²) in [5.41, 5.74) is 2.92. The molecule has 0 aliphatic carbocycles. The van der Waals surface area contributed by atoms with Crippen LogP contribution in [-0.4, -0.2) is 54.0 Å². The van der Waals surface area contributed by atoms with Gasteiger partial charge in [-0.15, -0.1) is 21.5 Å². The molecular weight excluding hydrogens is 502 g/mol. The lowest BCUT2D eigenvalue weighted by Gasteiger charge is -2.32. The van der Waals surface area contributed by atoms with Gasteiger partial charge < -0.3 is 15.2 Å². The summed E-state index contributed by atoms with van der Waals surface area (Å²) >= 11 is 1.63. The van der Waals surface area contributed by atoms with Crippen molar-refractivity contribution in [3.63, 3.8) is 0 Å². The predicted octanol–water partition coefficient (Wildman–Crippen LogP) is 4.99. The zero-order chi connectivity index (χ0) is 27.2. The fraction of sp³-hybridized carbons (Fsp3) is 0.370. The van der Waals surface area contributed by atoms with Crippen molar-refractivity contribution < 1.29 is 14.6 Å². The van der Waals surface area contributed by atoms with Crippen molar-refractivity contribution in [3.05, 3.63) is 69.7 Å². The largest absolute Gasteiger partial charge is 0.479 e. The number of methoxy groups -OCH3 is 1. The molecule has 38 heavy (non-hydrogen) atoms. The standard InChI is InChI=1S/C27H31N7O3S/c1-7-27(37-6,26(35)36)23-24-32-31-17(5)34(24)25-21(15(3)16(4)38-25)22(30-23)18-9-11-19(12-10-18)29-20-13-14-28-33(20)8-2/h9-14,23,29H,7-8H2,1-6H3,(H,35,36)/t23?,27-/m0/s1. The van der Waals surface area contributed by atoms with Crippen LogP contribution in [0.4, 0.5) is 11.5 Å². The average Bonchev–Trinajstić information content (AvgIpc) is 3.57. The second kappa shape index (κ2) is 9.80. The number of rotatable bonds is 8. The summed E-state index contributed by atoms with van der Waals surface area (Å²) < 4.78 is 9.55. The third kappa shape index (κ3) is 3.93. The molecule has 0 fully saturated rings.